The average molecular weight is 523 g/mol. The first-order valence-electron chi connectivity index (χ1n) is 10.7. The Bertz CT molecular complexity index is 1470. The minimum atomic E-state index is -3.82. The van der Waals surface area contributed by atoms with Crippen LogP contribution in [0.4, 0.5) is 11.4 Å². The van der Waals surface area contributed by atoms with Crippen LogP contribution in [0.1, 0.15) is 11.1 Å². The molecule has 11 heteroatoms. The number of primary sulfonamides is 1. The van der Waals surface area contributed by atoms with E-state index in [9.17, 15) is 18.0 Å². The lowest BCUT2D eigenvalue weighted by molar-refractivity contribution is -0.118. The zero-order chi connectivity index (χ0) is 25.9. The van der Waals surface area contributed by atoms with E-state index in [1.807, 2.05) is 19.1 Å². The van der Waals surface area contributed by atoms with Crippen molar-refractivity contribution >= 4 is 56.2 Å². The van der Waals surface area contributed by atoms with Crippen LogP contribution in [0.3, 0.4) is 0 Å². The Morgan fingerprint density at radius 3 is 2.42 bits per heavy atom. The van der Waals surface area contributed by atoms with Crippen molar-refractivity contribution < 1.29 is 22.7 Å². The first kappa shape index (κ1) is 25.2. The second kappa shape index (κ2) is 10.4. The number of rotatable bonds is 7. The number of thioether (sulfide) groups is 1. The molecule has 3 aromatic rings. The van der Waals surface area contributed by atoms with Crippen LogP contribution in [0.5, 0.6) is 5.75 Å². The summed E-state index contributed by atoms with van der Waals surface area (Å²) in [6.45, 7) is 1.63. The minimum absolute atomic E-state index is 0.0629. The minimum Gasteiger partial charge on any atom is -0.483 e. The summed E-state index contributed by atoms with van der Waals surface area (Å²) in [5.41, 5.74) is 2.63. The number of nitrogens with one attached hydrogen (secondary N) is 2. The number of ether oxygens (including phenoxy) is 1. The maximum Gasteiger partial charge on any atom is 0.271 e. The number of nitrogens with zero attached hydrogens (tertiary/aromatic N) is 1. The summed E-state index contributed by atoms with van der Waals surface area (Å²) in [4.78, 5) is 27.0. The molecule has 0 unspecified atom stereocenters. The molecule has 0 saturated carbocycles. The van der Waals surface area contributed by atoms with Crippen molar-refractivity contribution in [1.82, 2.24) is 0 Å². The molecule has 0 aromatic heterocycles. The number of nitrogens with two attached hydrogens (primary N) is 1. The highest BCUT2D eigenvalue weighted by molar-refractivity contribution is 8.19. The number of amides is 2. The van der Waals surface area contributed by atoms with Crippen LogP contribution in [0.2, 0.25) is 0 Å². The molecular formula is C25H22N4O5S2. The van der Waals surface area contributed by atoms with Crippen LogP contribution in [-0.4, -0.2) is 32.0 Å². The van der Waals surface area contributed by atoms with Gasteiger partial charge in [-0.25, -0.2) is 13.6 Å². The summed E-state index contributed by atoms with van der Waals surface area (Å²) in [6, 6.07) is 19.7. The Balaban J connectivity index is 1.44. The largest absolute Gasteiger partial charge is 0.483 e. The molecule has 4 rings (SSSR count). The summed E-state index contributed by atoms with van der Waals surface area (Å²) < 4.78 is 28.4. The first-order chi connectivity index (χ1) is 17.1. The van der Waals surface area contributed by atoms with E-state index in [1.54, 1.807) is 42.5 Å². The van der Waals surface area contributed by atoms with Gasteiger partial charge in [-0.15, -0.1) is 0 Å². The van der Waals surface area contributed by atoms with E-state index in [-0.39, 0.29) is 22.6 Å². The van der Waals surface area contributed by atoms with Crippen LogP contribution in [0, 0.1) is 12.3 Å². The molecule has 3 aromatic carbocycles. The third kappa shape index (κ3) is 5.82. The van der Waals surface area contributed by atoms with Crippen LogP contribution in [0.15, 0.2) is 82.6 Å². The smallest absolute Gasteiger partial charge is 0.271 e. The summed E-state index contributed by atoms with van der Waals surface area (Å²) in [6.07, 6.45) is 1.63. The van der Waals surface area contributed by atoms with Gasteiger partial charge in [0.25, 0.3) is 11.8 Å². The lowest BCUT2D eigenvalue weighted by Gasteiger charge is -2.14. The topological polar surface area (TPSA) is 143 Å². The van der Waals surface area contributed by atoms with E-state index in [4.69, 9.17) is 15.3 Å². The molecular weight excluding hydrogens is 500 g/mol. The van der Waals surface area contributed by atoms with Gasteiger partial charge < -0.3 is 10.1 Å². The van der Waals surface area contributed by atoms with Gasteiger partial charge in [0.1, 0.15) is 5.75 Å². The molecule has 184 valence electrons. The summed E-state index contributed by atoms with van der Waals surface area (Å²) in [5, 5.41) is 16.1. The predicted octanol–water partition coefficient (Wildman–Crippen LogP) is 3.72. The second-order valence-corrected chi connectivity index (χ2v) is 10.4. The number of benzene rings is 3. The SMILES string of the molecule is Cc1ccc(N2C(=N)S/C(=C\c3ccccc3OCC(=O)Nc3ccc(S(N)(=O)=O)cc3)C2=O)cc1. The summed E-state index contributed by atoms with van der Waals surface area (Å²) in [5.74, 6) is -0.387. The highest BCUT2D eigenvalue weighted by Gasteiger charge is 2.33. The first-order valence-corrected chi connectivity index (χ1v) is 13.0. The molecule has 0 atom stereocenters. The van der Waals surface area contributed by atoms with Crippen molar-refractivity contribution in [1.29, 1.82) is 5.41 Å². The Morgan fingerprint density at radius 2 is 1.75 bits per heavy atom. The number of sulfonamides is 1. The maximum atomic E-state index is 13.0. The lowest BCUT2D eigenvalue weighted by atomic mass is 10.1. The molecule has 9 nitrogen and oxygen atoms in total. The van der Waals surface area contributed by atoms with Crippen molar-refractivity contribution in [2.24, 2.45) is 5.14 Å². The fourth-order valence-corrected chi connectivity index (χ4v) is 4.72. The van der Waals surface area contributed by atoms with Gasteiger partial charge in [0, 0.05) is 11.3 Å². The monoisotopic (exact) mass is 522 g/mol. The van der Waals surface area contributed by atoms with E-state index in [0.29, 0.717) is 27.6 Å². The molecule has 0 radical (unpaired) electrons. The molecule has 0 spiro atoms. The quantitative estimate of drug-likeness (QED) is 0.404. The zero-order valence-corrected chi connectivity index (χ0v) is 20.7. The number of carbonyl (C=O) groups excluding carboxylic acids is 2. The Hall–Kier alpha value is -3.93. The lowest BCUT2D eigenvalue weighted by Crippen LogP contribution is -2.28. The third-order valence-electron chi connectivity index (χ3n) is 5.15. The fraction of sp³-hybridized carbons (Fsp3) is 0.0800. The Labute approximate surface area is 212 Å². The van der Waals surface area contributed by atoms with Crippen molar-refractivity contribution in [2.75, 3.05) is 16.8 Å². The van der Waals surface area contributed by atoms with E-state index < -0.39 is 15.9 Å². The molecule has 36 heavy (non-hydrogen) atoms. The van der Waals surface area contributed by atoms with E-state index in [1.165, 1.54) is 29.2 Å². The van der Waals surface area contributed by atoms with Crippen molar-refractivity contribution in [3.8, 4) is 5.75 Å². The van der Waals surface area contributed by atoms with Crippen LogP contribution >= 0.6 is 11.8 Å². The number of aryl methyl sites for hydroxylation is 1. The molecule has 0 aliphatic carbocycles. The van der Waals surface area contributed by atoms with Crippen molar-refractivity contribution in [2.45, 2.75) is 11.8 Å². The van der Waals surface area contributed by atoms with Gasteiger partial charge in [0.05, 0.1) is 15.5 Å². The molecule has 1 aliphatic rings. The van der Waals surface area contributed by atoms with Gasteiger partial charge in [0.2, 0.25) is 10.0 Å². The van der Waals surface area contributed by atoms with Gasteiger partial charge in [-0.05, 0) is 67.2 Å². The van der Waals surface area contributed by atoms with Crippen LogP contribution < -0.4 is 20.1 Å². The maximum absolute atomic E-state index is 13.0. The molecule has 1 aliphatic heterocycles. The third-order valence-corrected chi connectivity index (χ3v) is 6.96. The molecule has 0 bridgehead atoms. The molecule has 1 saturated heterocycles. The average Bonchev–Trinajstić information content (AvgIpc) is 3.11. The van der Waals surface area contributed by atoms with Crippen LogP contribution in [0.25, 0.3) is 6.08 Å². The van der Waals surface area contributed by atoms with E-state index >= 15 is 0 Å². The highest BCUT2D eigenvalue weighted by Crippen LogP contribution is 2.36. The zero-order valence-electron chi connectivity index (χ0n) is 19.1. The Kier molecular flexibility index (Phi) is 7.25. The van der Waals surface area contributed by atoms with Crippen molar-refractivity contribution in [3.63, 3.8) is 0 Å². The van der Waals surface area contributed by atoms with Gasteiger partial charge in [-0.3, -0.25) is 19.9 Å². The molecule has 1 heterocycles. The summed E-state index contributed by atoms with van der Waals surface area (Å²) >= 11 is 1.05. The fourth-order valence-electron chi connectivity index (χ4n) is 3.36. The second-order valence-electron chi connectivity index (χ2n) is 7.84. The normalized spacial score (nSPS) is 14.8. The predicted molar refractivity (Wildman–Crippen MR) is 140 cm³/mol. The standard InChI is InChI=1S/C25H22N4O5S2/c1-16-6-10-19(11-7-16)29-24(31)22(35-25(29)26)14-17-4-2-3-5-21(17)34-15-23(30)28-18-8-12-20(13-9-18)36(27,32)33/h2-14,26H,15H2,1H3,(H,28,30)(H2,27,32,33)/b22-14-,26-25?. The number of hydrogen-bond acceptors (Lipinski definition) is 7. The highest BCUT2D eigenvalue weighted by atomic mass is 32.2. The van der Waals surface area contributed by atoms with Crippen molar-refractivity contribution in [3.05, 3.63) is 88.8 Å². The van der Waals surface area contributed by atoms with Gasteiger partial charge in [-0.1, -0.05) is 35.9 Å². The molecule has 2 amide bonds. The number of para-hydroxylation sites is 1. The van der Waals surface area contributed by atoms with E-state index in [2.05, 4.69) is 5.32 Å². The number of anilines is 2. The van der Waals surface area contributed by atoms with E-state index in [0.717, 1.165) is 17.3 Å². The number of carbonyl (C=O) groups is 2. The summed E-state index contributed by atoms with van der Waals surface area (Å²) in [7, 11) is -3.82. The number of hydrogen-bond donors (Lipinski definition) is 3. The molecule has 4 N–H and O–H groups in total. The molecule has 1 fully saturated rings. The van der Waals surface area contributed by atoms with Gasteiger partial charge >= 0.3 is 0 Å². The Morgan fingerprint density at radius 1 is 1.08 bits per heavy atom. The number of amidine groups is 1. The van der Waals surface area contributed by atoms with Crippen LogP contribution in [-0.2, 0) is 19.6 Å². The van der Waals surface area contributed by atoms with Gasteiger partial charge in [-0.2, -0.15) is 0 Å². The van der Waals surface area contributed by atoms with Gasteiger partial charge in [0.15, 0.2) is 11.8 Å².